The summed E-state index contributed by atoms with van der Waals surface area (Å²) in [6, 6.07) is 0. The Morgan fingerprint density at radius 1 is 1.42 bits per heavy atom. The van der Waals surface area contributed by atoms with Crippen LogP contribution in [0, 0.1) is 6.92 Å². The molecule has 0 saturated carbocycles. The molecule has 1 rings (SSSR count). The molecule has 0 bridgehead atoms. The Labute approximate surface area is 112 Å². The summed E-state index contributed by atoms with van der Waals surface area (Å²) in [6.45, 7) is 10.7. The van der Waals surface area contributed by atoms with E-state index in [1.165, 1.54) is 18.5 Å². The number of carbonyl (C=O) groups excluding carboxylic acids is 1. The van der Waals surface area contributed by atoms with E-state index in [1.54, 1.807) is 26.1 Å². The summed E-state index contributed by atoms with van der Waals surface area (Å²) in [7, 11) is 0. The normalized spacial score (nSPS) is 11.4. The Morgan fingerprint density at radius 3 is 2.74 bits per heavy atom. The molecular formula is C14H16N4O. The van der Waals surface area contributed by atoms with E-state index in [1.807, 2.05) is 0 Å². The van der Waals surface area contributed by atoms with Crippen molar-refractivity contribution in [3.05, 3.63) is 49.0 Å². The van der Waals surface area contributed by atoms with E-state index >= 15 is 0 Å². The van der Waals surface area contributed by atoms with Crippen LogP contribution in [-0.4, -0.2) is 22.1 Å². The molecule has 0 fully saturated rings. The van der Waals surface area contributed by atoms with Gasteiger partial charge in [-0.25, -0.2) is 9.97 Å². The lowest BCUT2D eigenvalue weighted by Crippen LogP contribution is -2.14. The Bertz CT molecular complexity index is 559. The monoisotopic (exact) mass is 256 g/mol. The van der Waals surface area contributed by atoms with Crippen molar-refractivity contribution in [2.24, 2.45) is 4.99 Å². The van der Waals surface area contributed by atoms with Crippen molar-refractivity contribution in [3.63, 3.8) is 0 Å². The zero-order valence-electron chi connectivity index (χ0n) is 11.1. The fraction of sp³-hybridized carbons (Fsp3) is 0.143. The first-order valence-electron chi connectivity index (χ1n) is 5.70. The molecule has 1 aromatic rings. The van der Waals surface area contributed by atoms with E-state index in [2.05, 4.69) is 33.4 Å². The number of amides is 1. The largest absolute Gasteiger partial charge is 0.305 e. The molecule has 1 aromatic heterocycles. The number of aryl methyl sites for hydroxylation is 1. The van der Waals surface area contributed by atoms with E-state index in [-0.39, 0.29) is 5.91 Å². The second-order valence-electron chi connectivity index (χ2n) is 3.56. The van der Waals surface area contributed by atoms with Gasteiger partial charge in [-0.1, -0.05) is 31.4 Å². The van der Waals surface area contributed by atoms with Crippen LogP contribution in [0.3, 0.4) is 0 Å². The summed E-state index contributed by atoms with van der Waals surface area (Å²) in [5.41, 5.74) is 1.63. The fourth-order valence-electron chi connectivity index (χ4n) is 1.39. The van der Waals surface area contributed by atoms with Crippen LogP contribution < -0.4 is 5.32 Å². The molecule has 0 atom stereocenters. The van der Waals surface area contributed by atoms with Gasteiger partial charge >= 0.3 is 0 Å². The highest BCUT2D eigenvalue weighted by Crippen LogP contribution is 2.24. The Kier molecular flexibility index (Phi) is 5.35. The topological polar surface area (TPSA) is 67.2 Å². The van der Waals surface area contributed by atoms with Crippen molar-refractivity contribution in [2.75, 3.05) is 5.32 Å². The molecule has 0 radical (unpaired) electrons. The summed E-state index contributed by atoms with van der Waals surface area (Å²) in [5, 5.41) is 2.68. The first-order chi connectivity index (χ1) is 9.13. The van der Waals surface area contributed by atoms with E-state index in [4.69, 9.17) is 0 Å². The standard InChI is InChI=1S/C14H16N4O/c1-5-8-11(6-2)14(19)18-13-12(15-7-3)10(4)16-9-17-13/h5-9H,1-2H2,3-4H3,(H,16,17,18,19)/b11-8+,15-7?. The summed E-state index contributed by atoms with van der Waals surface area (Å²) in [6.07, 6.45) is 7.54. The molecule has 1 N–H and O–H groups in total. The molecule has 19 heavy (non-hydrogen) atoms. The molecule has 0 unspecified atom stereocenters. The van der Waals surface area contributed by atoms with Crippen LogP contribution in [0.2, 0.25) is 0 Å². The third-order valence-corrected chi connectivity index (χ3v) is 2.27. The van der Waals surface area contributed by atoms with Crippen LogP contribution in [0.25, 0.3) is 0 Å². The van der Waals surface area contributed by atoms with E-state index in [9.17, 15) is 4.79 Å². The van der Waals surface area contributed by atoms with Gasteiger partial charge in [0.05, 0.1) is 5.69 Å². The number of hydrogen-bond donors (Lipinski definition) is 1. The van der Waals surface area contributed by atoms with Crippen molar-refractivity contribution < 1.29 is 4.79 Å². The number of allylic oxidation sites excluding steroid dienone is 2. The lowest BCUT2D eigenvalue weighted by Gasteiger charge is -2.08. The minimum atomic E-state index is -0.319. The summed E-state index contributed by atoms with van der Waals surface area (Å²) < 4.78 is 0. The molecule has 0 aliphatic carbocycles. The molecule has 0 aromatic carbocycles. The van der Waals surface area contributed by atoms with Gasteiger partial charge in [-0.2, -0.15) is 0 Å². The SMILES string of the molecule is C=C/C=C(\C=C)C(=O)Nc1ncnc(C)c1N=CC. The third-order valence-electron chi connectivity index (χ3n) is 2.27. The van der Waals surface area contributed by atoms with Crippen LogP contribution in [-0.2, 0) is 4.79 Å². The number of rotatable bonds is 5. The van der Waals surface area contributed by atoms with Gasteiger partial charge in [-0.15, -0.1) is 0 Å². The highest BCUT2D eigenvalue weighted by Gasteiger charge is 2.12. The quantitative estimate of drug-likeness (QED) is 0.500. The predicted octanol–water partition coefficient (Wildman–Crippen LogP) is 2.74. The average Bonchev–Trinajstić information content (AvgIpc) is 2.40. The molecule has 1 heterocycles. The zero-order chi connectivity index (χ0) is 14.3. The van der Waals surface area contributed by atoms with Crippen LogP contribution in [0.5, 0.6) is 0 Å². The Morgan fingerprint density at radius 2 is 2.16 bits per heavy atom. The number of aromatic nitrogens is 2. The molecule has 0 saturated heterocycles. The van der Waals surface area contributed by atoms with Gasteiger partial charge in [0, 0.05) is 11.8 Å². The van der Waals surface area contributed by atoms with Crippen LogP contribution in [0.4, 0.5) is 11.5 Å². The Hall–Kier alpha value is -2.56. The van der Waals surface area contributed by atoms with Crippen molar-refractivity contribution in [1.29, 1.82) is 0 Å². The van der Waals surface area contributed by atoms with Gasteiger partial charge in [0.15, 0.2) is 5.82 Å². The van der Waals surface area contributed by atoms with Gasteiger partial charge in [0.2, 0.25) is 0 Å². The maximum atomic E-state index is 12.0. The highest BCUT2D eigenvalue weighted by atomic mass is 16.1. The number of anilines is 1. The number of carbonyl (C=O) groups is 1. The maximum Gasteiger partial charge on any atom is 0.256 e. The summed E-state index contributed by atoms with van der Waals surface area (Å²) >= 11 is 0. The second-order valence-corrected chi connectivity index (χ2v) is 3.56. The van der Waals surface area contributed by atoms with Crippen molar-refractivity contribution in [1.82, 2.24) is 9.97 Å². The number of nitrogens with zero attached hydrogens (tertiary/aromatic N) is 3. The lowest BCUT2D eigenvalue weighted by molar-refractivity contribution is -0.112. The minimum absolute atomic E-state index is 0.319. The molecule has 5 nitrogen and oxygen atoms in total. The number of aliphatic imine (C=N–C) groups is 1. The predicted molar refractivity (Wildman–Crippen MR) is 77.7 cm³/mol. The van der Waals surface area contributed by atoms with E-state index < -0.39 is 0 Å². The first kappa shape index (κ1) is 14.5. The lowest BCUT2D eigenvalue weighted by atomic mass is 10.2. The van der Waals surface area contributed by atoms with Crippen LogP contribution >= 0.6 is 0 Å². The summed E-state index contributed by atoms with van der Waals surface area (Å²) in [5.74, 6) is 0.0490. The van der Waals surface area contributed by atoms with Gasteiger partial charge in [-0.05, 0) is 13.8 Å². The van der Waals surface area contributed by atoms with Gasteiger partial charge in [0.25, 0.3) is 5.91 Å². The molecular weight excluding hydrogens is 240 g/mol. The molecule has 5 heteroatoms. The minimum Gasteiger partial charge on any atom is -0.305 e. The number of nitrogens with one attached hydrogen (secondary N) is 1. The second kappa shape index (κ2) is 7.00. The van der Waals surface area contributed by atoms with Crippen molar-refractivity contribution >= 4 is 23.6 Å². The molecule has 0 aliphatic heterocycles. The molecule has 1 amide bonds. The maximum absolute atomic E-state index is 12.0. The Balaban J connectivity index is 3.09. The van der Waals surface area contributed by atoms with Crippen LogP contribution in [0.1, 0.15) is 12.6 Å². The average molecular weight is 256 g/mol. The molecule has 0 aliphatic rings. The van der Waals surface area contributed by atoms with Gasteiger partial charge in [-0.3, -0.25) is 9.79 Å². The molecule has 98 valence electrons. The zero-order valence-corrected chi connectivity index (χ0v) is 11.1. The third kappa shape index (κ3) is 3.70. The molecule has 0 spiro atoms. The van der Waals surface area contributed by atoms with Gasteiger partial charge in [0.1, 0.15) is 12.0 Å². The van der Waals surface area contributed by atoms with E-state index in [0.717, 1.165) is 0 Å². The highest BCUT2D eigenvalue weighted by molar-refractivity contribution is 6.06. The summed E-state index contributed by atoms with van der Waals surface area (Å²) in [4.78, 5) is 24.2. The van der Waals surface area contributed by atoms with Crippen LogP contribution in [0.15, 0.2) is 48.3 Å². The van der Waals surface area contributed by atoms with E-state index in [0.29, 0.717) is 22.8 Å². The van der Waals surface area contributed by atoms with Crippen molar-refractivity contribution in [3.8, 4) is 0 Å². The first-order valence-corrected chi connectivity index (χ1v) is 5.70. The smallest absolute Gasteiger partial charge is 0.256 e. The fourth-order valence-corrected chi connectivity index (χ4v) is 1.39. The van der Waals surface area contributed by atoms with Crippen molar-refractivity contribution in [2.45, 2.75) is 13.8 Å². The van der Waals surface area contributed by atoms with Gasteiger partial charge < -0.3 is 5.32 Å². The number of hydrogen-bond acceptors (Lipinski definition) is 4.